The molecule has 1 aliphatic carbocycles. The quantitative estimate of drug-likeness (QED) is 0.903. The van der Waals surface area contributed by atoms with Crippen molar-refractivity contribution in [1.29, 1.82) is 0 Å². The summed E-state index contributed by atoms with van der Waals surface area (Å²) in [6.07, 6.45) is 7.13. The number of ether oxygens (including phenoxy) is 1. The summed E-state index contributed by atoms with van der Waals surface area (Å²) in [6.45, 7) is 2.07. The molecule has 2 fully saturated rings. The van der Waals surface area contributed by atoms with Gasteiger partial charge in [0.05, 0.1) is 12.0 Å². The van der Waals surface area contributed by atoms with E-state index in [0.717, 1.165) is 50.8 Å². The molecule has 1 aromatic rings. The average Bonchev–Trinajstić information content (AvgIpc) is 3.17. The summed E-state index contributed by atoms with van der Waals surface area (Å²) in [6, 6.07) is 6.23. The van der Waals surface area contributed by atoms with E-state index >= 15 is 0 Å². The number of amides is 2. The lowest BCUT2D eigenvalue weighted by molar-refractivity contribution is -0.124. The van der Waals surface area contributed by atoms with Crippen LogP contribution in [0.25, 0.3) is 0 Å². The first-order chi connectivity index (χ1) is 12.6. The van der Waals surface area contributed by atoms with Crippen molar-refractivity contribution in [2.24, 2.45) is 17.6 Å². The minimum atomic E-state index is -0.250. The largest absolute Gasteiger partial charge is 0.377 e. The molecule has 140 valence electrons. The van der Waals surface area contributed by atoms with Crippen molar-refractivity contribution < 1.29 is 14.3 Å². The van der Waals surface area contributed by atoms with Crippen molar-refractivity contribution in [3.63, 3.8) is 0 Å². The third-order valence-corrected chi connectivity index (χ3v) is 6.39. The maximum atomic E-state index is 12.9. The van der Waals surface area contributed by atoms with E-state index < -0.39 is 0 Å². The van der Waals surface area contributed by atoms with Gasteiger partial charge in [-0.3, -0.25) is 9.59 Å². The molecule has 2 N–H and O–H groups in total. The molecule has 0 bridgehead atoms. The number of nitrogens with zero attached hydrogens (tertiary/aromatic N) is 1. The standard InChI is InChI=1S/C21H28N2O3/c22-20(24)18-9-12-26-19(18)15-7-10-23(11-8-15)21(25)17-6-5-14-3-1-2-4-16(14)13-17/h5-6,13,15,18-19H,1-4,7-12H2,(H2,22,24)/t18-,19+/m0/s1. The van der Waals surface area contributed by atoms with E-state index in [2.05, 4.69) is 12.1 Å². The van der Waals surface area contributed by atoms with Crippen molar-refractivity contribution in [3.05, 3.63) is 34.9 Å². The van der Waals surface area contributed by atoms with Crippen LogP contribution in [-0.4, -0.2) is 42.5 Å². The van der Waals surface area contributed by atoms with Crippen LogP contribution in [0.3, 0.4) is 0 Å². The molecule has 0 radical (unpaired) electrons. The van der Waals surface area contributed by atoms with E-state index in [0.29, 0.717) is 12.5 Å². The predicted molar refractivity (Wildman–Crippen MR) is 98.8 cm³/mol. The molecule has 2 heterocycles. The Hall–Kier alpha value is -1.88. The Morgan fingerprint density at radius 2 is 1.77 bits per heavy atom. The predicted octanol–water partition coefficient (Wildman–Crippen LogP) is 2.31. The maximum Gasteiger partial charge on any atom is 0.253 e. The maximum absolute atomic E-state index is 12.9. The molecule has 5 nitrogen and oxygen atoms in total. The second-order valence-electron chi connectivity index (χ2n) is 7.95. The minimum Gasteiger partial charge on any atom is -0.377 e. The number of rotatable bonds is 3. The van der Waals surface area contributed by atoms with Gasteiger partial charge in [0, 0.05) is 25.3 Å². The van der Waals surface area contributed by atoms with Crippen LogP contribution in [0.1, 0.15) is 53.6 Å². The van der Waals surface area contributed by atoms with E-state index in [1.807, 2.05) is 11.0 Å². The highest BCUT2D eigenvalue weighted by molar-refractivity contribution is 5.94. The van der Waals surface area contributed by atoms with Crippen molar-refractivity contribution in [2.75, 3.05) is 19.7 Å². The number of nitrogens with two attached hydrogens (primary N) is 1. The molecule has 2 aliphatic heterocycles. The number of likely N-dealkylation sites (tertiary alicyclic amines) is 1. The normalized spacial score (nSPS) is 26.5. The van der Waals surface area contributed by atoms with Crippen LogP contribution in [0.2, 0.25) is 0 Å². The zero-order chi connectivity index (χ0) is 18.1. The van der Waals surface area contributed by atoms with E-state index in [1.165, 1.54) is 24.0 Å². The van der Waals surface area contributed by atoms with Gasteiger partial charge in [0.2, 0.25) is 5.91 Å². The van der Waals surface area contributed by atoms with Crippen LogP contribution < -0.4 is 5.73 Å². The molecule has 0 aromatic heterocycles. The highest BCUT2D eigenvalue weighted by Gasteiger charge is 2.39. The third kappa shape index (κ3) is 3.37. The van der Waals surface area contributed by atoms with Crippen molar-refractivity contribution in [2.45, 2.75) is 51.0 Å². The lowest BCUT2D eigenvalue weighted by Gasteiger charge is -2.36. The fourth-order valence-electron chi connectivity index (χ4n) is 4.86. The lowest BCUT2D eigenvalue weighted by Crippen LogP contribution is -2.44. The van der Waals surface area contributed by atoms with Gasteiger partial charge in [0.15, 0.2) is 0 Å². The molecule has 2 amide bonds. The number of primary amides is 1. The zero-order valence-electron chi connectivity index (χ0n) is 15.3. The molecule has 5 heteroatoms. The monoisotopic (exact) mass is 356 g/mol. The van der Waals surface area contributed by atoms with Crippen molar-refractivity contribution in [1.82, 2.24) is 4.90 Å². The SMILES string of the molecule is NC(=O)[C@H]1CCO[C@@H]1C1CCN(C(=O)c2ccc3c(c2)CCCC3)CC1. The number of hydrogen-bond acceptors (Lipinski definition) is 3. The van der Waals surface area contributed by atoms with Gasteiger partial charge in [0.1, 0.15) is 0 Å². The average molecular weight is 356 g/mol. The Kier molecular flexibility index (Phi) is 4.98. The molecule has 2 saturated heterocycles. The number of piperidine rings is 1. The number of aryl methyl sites for hydroxylation is 2. The third-order valence-electron chi connectivity index (χ3n) is 6.39. The highest BCUT2D eigenvalue weighted by atomic mass is 16.5. The Bertz CT molecular complexity index is 694. The first kappa shape index (κ1) is 17.5. The lowest BCUT2D eigenvalue weighted by atomic mass is 9.83. The second kappa shape index (κ2) is 7.39. The highest BCUT2D eigenvalue weighted by Crippen LogP contribution is 2.33. The van der Waals surface area contributed by atoms with Crippen LogP contribution in [0.4, 0.5) is 0 Å². The number of carbonyl (C=O) groups excluding carboxylic acids is 2. The molecule has 0 spiro atoms. The molecular formula is C21H28N2O3. The van der Waals surface area contributed by atoms with E-state index in [9.17, 15) is 9.59 Å². The fraction of sp³-hybridized carbons (Fsp3) is 0.619. The topological polar surface area (TPSA) is 72.6 Å². The summed E-state index contributed by atoms with van der Waals surface area (Å²) in [5.74, 6) is 0.0427. The fourth-order valence-corrected chi connectivity index (χ4v) is 4.86. The van der Waals surface area contributed by atoms with Crippen LogP contribution in [0, 0.1) is 11.8 Å². The summed E-state index contributed by atoms with van der Waals surface area (Å²) in [5.41, 5.74) is 9.09. The van der Waals surface area contributed by atoms with Gasteiger partial charge < -0.3 is 15.4 Å². The van der Waals surface area contributed by atoms with Gasteiger partial charge in [0.25, 0.3) is 5.91 Å². The summed E-state index contributed by atoms with van der Waals surface area (Å²) in [5, 5.41) is 0. The van der Waals surface area contributed by atoms with Crippen molar-refractivity contribution in [3.8, 4) is 0 Å². The summed E-state index contributed by atoms with van der Waals surface area (Å²) >= 11 is 0. The Morgan fingerprint density at radius 3 is 2.50 bits per heavy atom. The van der Waals surface area contributed by atoms with Crippen LogP contribution in [0.15, 0.2) is 18.2 Å². The first-order valence-electron chi connectivity index (χ1n) is 9.95. The smallest absolute Gasteiger partial charge is 0.253 e. The van der Waals surface area contributed by atoms with Crippen LogP contribution in [0.5, 0.6) is 0 Å². The summed E-state index contributed by atoms with van der Waals surface area (Å²) in [7, 11) is 0. The molecule has 0 unspecified atom stereocenters. The van der Waals surface area contributed by atoms with Gasteiger partial charge in [-0.1, -0.05) is 6.07 Å². The zero-order valence-corrected chi connectivity index (χ0v) is 15.3. The Labute approximate surface area is 154 Å². The van der Waals surface area contributed by atoms with Gasteiger partial charge in [-0.2, -0.15) is 0 Å². The summed E-state index contributed by atoms with van der Waals surface area (Å²) < 4.78 is 5.80. The Morgan fingerprint density at radius 1 is 1.04 bits per heavy atom. The first-order valence-corrected chi connectivity index (χ1v) is 9.95. The Balaban J connectivity index is 1.38. The molecular weight excluding hydrogens is 328 g/mol. The minimum absolute atomic E-state index is 0.0616. The molecule has 26 heavy (non-hydrogen) atoms. The molecule has 2 atom stereocenters. The van der Waals surface area contributed by atoms with E-state index in [-0.39, 0.29) is 23.8 Å². The molecule has 1 aromatic carbocycles. The van der Waals surface area contributed by atoms with Gasteiger partial charge in [-0.25, -0.2) is 0 Å². The second-order valence-corrected chi connectivity index (χ2v) is 7.95. The van der Waals surface area contributed by atoms with E-state index in [4.69, 9.17) is 10.5 Å². The summed E-state index contributed by atoms with van der Waals surface area (Å²) in [4.78, 5) is 26.5. The number of hydrogen-bond donors (Lipinski definition) is 1. The van der Waals surface area contributed by atoms with Gasteiger partial charge >= 0.3 is 0 Å². The van der Waals surface area contributed by atoms with Crippen LogP contribution >= 0.6 is 0 Å². The number of fused-ring (bicyclic) bond motifs is 1. The van der Waals surface area contributed by atoms with Gasteiger partial charge in [-0.15, -0.1) is 0 Å². The van der Waals surface area contributed by atoms with Crippen LogP contribution in [-0.2, 0) is 22.4 Å². The van der Waals surface area contributed by atoms with Gasteiger partial charge in [-0.05, 0) is 74.1 Å². The molecule has 4 rings (SSSR count). The van der Waals surface area contributed by atoms with Crippen molar-refractivity contribution >= 4 is 11.8 Å². The number of carbonyl (C=O) groups is 2. The van der Waals surface area contributed by atoms with E-state index in [1.54, 1.807) is 0 Å². The number of benzene rings is 1. The molecule has 0 saturated carbocycles. The molecule has 3 aliphatic rings.